The number of anilines is 1. The van der Waals surface area contributed by atoms with Crippen LogP contribution in [0.5, 0.6) is 0 Å². The highest BCUT2D eigenvalue weighted by Gasteiger charge is 2.14. The molecule has 0 spiro atoms. The van der Waals surface area contributed by atoms with Gasteiger partial charge in [-0.15, -0.1) is 0 Å². The first-order valence-electron chi connectivity index (χ1n) is 5.64. The second-order valence-corrected chi connectivity index (χ2v) is 6.74. The number of thiocarbonyl (C=S) groups is 1. The van der Waals surface area contributed by atoms with Gasteiger partial charge in [-0.1, -0.05) is 18.2 Å². The van der Waals surface area contributed by atoms with Crippen molar-refractivity contribution in [2.75, 3.05) is 29.1 Å². The zero-order chi connectivity index (χ0) is 11.9. The van der Waals surface area contributed by atoms with E-state index in [4.69, 9.17) is 12.2 Å². The molecule has 1 saturated heterocycles. The van der Waals surface area contributed by atoms with Gasteiger partial charge in [-0.2, -0.15) is 23.5 Å². The number of hydrogen-bond donors (Lipinski definition) is 2. The fourth-order valence-electron chi connectivity index (χ4n) is 1.56. The van der Waals surface area contributed by atoms with E-state index in [0.29, 0.717) is 10.4 Å². The van der Waals surface area contributed by atoms with Gasteiger partial charge in [0.2, 0.25) is 0 Å². The van der Waals surface area contributed by atoms with Crippen LogP contribution in [0.25, 0.3) is 0 Å². The molecule has 17 heavy (non-hydrogen) atoms. The molecule has 92 valence electrons. The monoisotopic (exact) mass is 284 g/mol. The number of hydrogen-bond acceptors (Lipinski definition) is 3. The Morgan fingerprint density at radius 1 is 1.29 bits per heavy atom. The maximum atomic E-state index is 5.27. The summed E-state index contributed by atoms with van der Waals surface area (Å²) in [7, 11) is 0. The zero-order valence-corrected chi connectivity index (χ0v) is 12.0. The van der Waals surface area contributed by atoms with E-state index in [9.17, 15) is 0 Å². The molecule has 1 aliphatic heterocycles. The van der Waals surface area contributed by atoms with Crippen LogP contribution < -0.4 is 10.6 Å². The molecule has 2 N–H and O–H groups in total. The molecule has 2 nitrogen and oxygen atoms in total. The summed E-state index contributed by atoms with van der Waals surface area (Å²) in [6, 6.07) is 10.0. The van der Waals surface area contributed by atoms with Crippen molar-refractivity contribution in [3.63, 3.8) is 0 Å². The summed E-state index contributed by atoms with van der Waals surface area (Å²) in [6.45, 7) is 0.955. The van der Waals surface area contributed by atoms with Gasteiger partial charge in [0.1, 0.15) is 0 Å². The standard InChI is InChI=1S/C12H16N2S3/c15-12(14-10-4-2-1-3-5-10)13-8-11-9-16-6-7-17-11/h1-5,11H,6-9H2,(H2,13,14,15). The minimum atomic E-state index is 0.685. The molecular weight excluding hydrogens is 268 g/mol. The Morgan fingerprint density at radius 3 is 2.82 bits per heavy atom. The lowest BCUT2D eigenvalue weighted by Crippen LogP contribution is -2.36. The highest BCUT2D eigenvalue weighted by atomic mass is 32.2. The number of rotatable bonds is 3. The van der Waals surface area contributed by atoms with E-state index in [2.05, 4.69) is 10.6 Å². The SMILES string of the molecule is S=C(NCC1CSCCS1)Nc1ccccc1. The van der Waals surface area contributed by atoms with Crippen molar-refractivity contribution in [2.45, 2.75) is 5.25 Å². The molecule has 0 amide bonds. The minimum Gasteiger partial charge on any atom is -0.361 e. The third-order valence-corrected chi connectivity index (χ3v) is 5.50. The van der Waals surface area contributed by atoms with Gasteiger partial charge in [0.25, 0.3) is 0 Å². The van der Waals surface area contributed by atoms with E-state index in [1.54, 1.807) is 0 Å². The molecule has 1 aromatic rings. The van der Waals surface area contributed by atoms with Crippen LogP contribution in [0.15, 0.2) is 30.3 Å². The summed E-state index contributed by atoms with van der Waals surface area (Å²) in [5.74, 6) is 3.77. The van der Waals surface area contributed by atoms with Gasteiger partial charge < -0.3 is 10.6 Å². The molecule has 1 fully saturated rings. The predicted molar refractivity (Wildman–Crippen MR) is 84.2 cm³/mol. The van der Waals surface area contributed by atoms with Crippen LogP contribution >= 0.6 is 35.7 Å². The summed E-state index contributed by atoms with van der Waals surface area (Å²) in [6.07, 6.45) is 0. The van der Waals surface area contributed by atoms with E-state index in [1.807, 2.05) is 53.9 Å². The first kappa shape index (κ1) is 13.1. The van der Waals surface area contributed by atoms with Gasteiger partial charge in [0.15, 0.2) is 5.11 Å². The highest BCUT2D eigenvalue weighted by Crippen LogP contribution is 2.23. The Bertz CT molecular complexity index is 350. The van der Waals surface area contributed by atoms with Crippen molar-refractivity contribution < 1.29 is 0 Å². The molecule has 1 unspecified atom stereocenters. The Labute approximate surface area is 116 Å². The average Bonchev–Trinajstić information content (AvgIpc) is 2.39. The average molecular weight is 284 g/mol. The molecule has 0 aliphatic carbocycles. The Hall–Kier alpha value is -0.390. The van der Waals surface area contributed by atoms with Crippen LogP contribution in [-0.4, -0.2) is 34.2 Å². The summed E-state index contributed by atoms with van der Waals surface area (Å²) in [5.41, 5.74) is 1.04. The molecule has 1 heterocycles. The van der Waals surface area contributed by atoms with Crippen molar-refractivity contribution in [2.24, 2.45) is 0 Å². The van der Waals surface area contributed by atoms with Crippen molar-refractivity contribution in [1.29, 1.82) is 0 Å². The number of thioether (sulfide) groups is 2. The normalized spacial score (nSPS) is 19.6. The van der Waals surface area contributed by atoms with E-state index < -0.39 is 0 Å². The van der Waals surface area contributed by atoms with Crippen molar-refractivity contribution in [1.82, 2.24) is 5.32 Å². The lowest BCUT2D eigenvalue weighted by atomic mass is 10.3. The molecular formula is C12H16N2S3. The van der Waals surface area contributed by atoms with Gasteiger partial charge in [0.05, 0.1) is 0 Å². The van der Waals surface area contributed by atoms with E-state index in [1.165, 1.54) is 17.3 Å². The molecule has 1 atom stereocenters. The smallest absolute Gasteiger partial charge is 0.170 e. The molecule has 0 aromatic heterocycles. The Balaban J connectivity index is 1.70. The van der Waals surface area contributed by atoms with Crippen molar-refractivity contribution >= 4 is 46.5 Å². The largest absolute Gasteiger partial charge is 0.361 e. The van der Waals surface area contributed by atoms with Crippen molar-refractivity contribution in [3.05, 3.63) is 30.3 Å². The third-order valence-electron chi connectivity index (χ3n) is 2.41. The number of benzene rings is 1. The quantitative estimate of drug-likeness (QED) is 0.832. The van der Waals surface area contributed by atoms with Crippen LogP contribution in [-0.2, 0) is 0 Å². The first-order chi connectivity index (χ1) is 8.34. The maximum absolute atomic E-state index is 5.27. The van der Waals surface area contributed by atoms with Gasteiger partial charge in [-0.3, -0.25) is 0 Å². The summed E-state index contributed by atoms with van der Waals surface area (Å²) < 4.78 is 0. The molecule has 1 aromatic carbocycles. The van der Waals surface area contributed by atoms with Crippen LogP contribution in [0, 0.1) is 0 Å². The summed E-state index contributed by atoms with van der Waals surface area (Å²) in [5, 5.41) is 7.87. The van der Waals surface area contributed by atoms with Crippen LogP contribution in [0.4, 0.5) is 5.69 Å². The summed E-state index contributed by atoms with van der Waals surface area (Å²) >= 11 is 9.34. The second-order valence-electron chi connectivity index (χ2n) is 3.77. The molecule has 1 aliphatic rings. The Kier molecular flexibility index (Phi) is 5.48. The van der Waals surface area contributed by atoms with Crippen LogP contribution in [0.2, 0.25) is 0 Å². The number of para-hydroxylation sites is 1. The van der Waals surface area contributed by atoms with Gasteiger partial charge in [-0.05, 0) is 24.4 Å². The van der Waals surface area contributed by atoms with Crippen LogP contribution in [0.1, 0.15) is 0 Å². The molecule has 5 heteroatoms. The fraction of sp³-hybridized carbons (Fsp3) is 0.417. The first-order valence-corrected chi connectivity index (χ1v) is 8.25. The van der Waals surface area contributed by atoms with E-state index in [-0.39, 0.29) is 0 Å². The molecule has 0 radical (unpaired) electrons. The molecule has 0 saturated carbocycles. The topological polar surface area (TPSA) is 24.1 Å². The van der Waals surface area contributed by atoms with Crippen molar-refractivity contribution in [3.8, 4) is 0 Å². The van der Waals surface area contributed by atoms with E-state index >= 15 is 0 Å². The lowest BCUT2D eigenvalue weighted by molar-refractivity contribution is 0.867. The minimum absolute atomic E-state index is 0.685. The maximum Gasteiger partial charge on any atom is 0.170 e. The lowest BCUT2D eigenvalue weighted by Gasteiger charge is -2.22. The van der Waals surface area contributed by atoms with Gasteiger partial charge >= 0.3 is 0 Å². The highest BCUT2D eigenvalue weighted by molar-refractivity contribution is 8.06. The molecule has 0 bridgehead atoms. The summed E-state index contributed by atoms with van der Waals surface area (Å²) in [4.78, 5) is 0. The second kappa shape index (κ2) is 7.13. The van der Waals surface area contributed by atoms with Gasteiger partial charge in [0, 0.05) is 34.7 Å². The predicted octanol–water partition coefficient (Wildman–Crippen LogP) is 2.82. The van der Waals surface area contributed by atoms with E-state index in [0.717, 1.165) is 12.2 Å². The Morgan fingerprint density at radius 2 is 2.12 bits per heavy atom. The zero-order valence-electron chi connectivity index (χ0n) is 9.52. The number of nitrogens with one attached hydrogen (secondary N) is 2. The van der Waals surface area contributed by atoms with Crippen LogP contribution in [0.3, 0.4) is 0 Å². The molecule has 2 rings (SSSR count). The third kappa shape index (κ3) is 4.77. The van der Waals surface area contributed by atoms with Gasteiger partial charge in [-0.25, -0.2) is 0 Å². The fourth-order valence-corrected chi connectivity index (χ4v) is 4.37.